The zero-order chi connectivity index (χ0) is 12.7. The molecule has 98 valence electrons. The lowest BCUT2D eigenvalue weighted by molar-refractivity contribution is 0.0904. The van der Waals surface area contributed by atoms with Gasteiger partial charge >= 0.3 is 0 Å². The van der Waals surface area contributed by atoms with Gasteiger partial charge in [0.15, 0.2) is 0 Å². The predicted octanol–water partition coefficient (Wildman–Crippen LogP) is 1.81. The zero-order valence-corrected chi connectivity index (χ0v) is 11.6. The highest BCUT2D eigenvalue weighted by molar-refractivity contribution is 7.11. The van der Waals surface area contributed by atoms with Gasteiger partial charge in [-0.05, 0) is 33.7 Å². The molecule has 5 heteroatoms. The Morgan fingerprint density at radius 1 is 1.41 bits per heavy atom. The van der Waals surface area contributed by atoms with Crippen molar-refractivity contribution in [1.29, 1.82) is 0 Å². The topological polar surface area (TPSA) is 54.4 Å². The summed E-state index contributed by atoms with van der Waals surface area (Å²) in [6.07, 6.45) is 0.959. The lowest BCUT2D eigenvalue weighted by Gasteiger charge is -2.12. The molecule has 0 aliphatic carbocycles. The minimum absolute atomic E-state index is 0.100. The number of aryl methyl sites for hydroxylation is 2. The monoisotopic (exact) mass is 258 g/mol. The molecule has 0 amide bonds. The molecule has 0 aliphatic rings. The van der Waals surface area contributed by atoms with Crippen molar-refractivity contribution in [3.8, 4) is 0 Å². The molecule has 0 aromatic carbocycles. The SMILES string of the molecule is Cc1nc(C)c(C(C)NCCCOCCO)s1. The van der Waals surface area contributed by atoms with Crippen LogP contribution in [0, 0.1) is 13.8 Å². The molecular formula is C12H22N2O2S. The molecule has 17 heavy (non-hydrogen) atoms. The molecule has 0 spiro atoms. The Morgan fingerprint density at radius 3 is 2.76 bits per heavy atom. The third kappa shape index (κ3) is 5.12. The van der Waals surface area contributed by atoms with Gasteiger partial charge in [0.05, 0.1) is 23.9 Å². The Hall–Kier alpha value is -0.490. The molecule has 0 bridgehead atoms. The number of nitrogens with one attached hydrogen (secondary N) is 1. The number of nitrogens with zero attached hydrogens (tertiary/aromatic N) is 1. The van der Waals surface area contributed by atoms with Crippen molar-refractivity contribution >= 4 is 11.3 Å². The van der Waals surface area contributed by atoms with Crippen LogP contribution in [0.3, 0.4) is 0 Å². The van der Waals surface area contributed by atoms with Gasteiger partial charge in [-0.1, -0.05) is 0 Å². The molecule has 1 aromatic heterocycles. The van der Waals surface area contributed by atoms with Gasteiger partial charge in [0.1, 0.15) is 0 Å². The van der Waals surface area contributed by atoms with E-state index >= 15 is 0 Å². The molecule has 0 saturated carbocycles. The number of aliphatic hydroxyl groups excluding tert-OH is 1. The second-order valence-corrected chi connectivity index (χ2v) is 5.28. The number of hydrogen-bond acceptors (Lipinski definition) is 5. The number of aromatic nitrogens is 1. The second kappa shape index (κ2) is 7.76. The average molecular weight is 258 g/mol. The third-order valence-electron chi connectivity index (χ3n) is 2.48. The fourth-order valence-corrected chi connectivity index (χ4v) is 2.66. The van der Waals surface area contributed by atoms with Crippen molar-refractivity contribution in [3.63, 3.8) is 0 Å². The van der Waals surface area contributed by atoms with Crippen molar-refractivity contribution in [2.45, 2.75) is 33.2 Å². The molecule has 0 radical (unpaired) electrons. The van der Waals surface area contributed by atoms with E-state index in [4.69, 9.17) is 9.84 Å². The van der Waals surface area contributed by atoms with Gasteiger partial charge in [-0.25, -0.2) is 4.98 Å². The van der Waals surface area contributed by atoms with E-state index < -0.39 is 0 Å². The summed E-state index contributed by atoms with van der Waals surface area (Å²) in [5.74, 6) is 0. The molecule has 1 atom stereocenters. The highest BCUT2D eigenvalue weighted by atomic mass is 32.1. The smallest absolute Gasteiger partial charge is 0.0900 e. The first kappa shape index (κ1) is 14.6. The first-order valence-electron chi connectivity index (χ1n) is 6.01. The maximum atomic E-state index is 8.55. The summed E-state index contributed by atoms with van der Waals surface area (Å²) in [5.41, 5.74) is 1.13. The summed E-state index contributed by atoms with van der Waals surface area (Å²) in [6, 6.07) is 0.346. The van der Waals surface area contributed by atoms with Crippen molar-refractivity contribution in [2.75, 3.05) is 26.4 Å². The van der Waals surface area contributed by atoms with Crippen LogP contribution in [0.25, 0.3) is 0 Å². The zero-order valence-electron chi connectivity index (χ0n) is 10.8. The largest absolute Gasteiger partial charge is 0.394 e. The normalized spacial score (nSPS) is 12.9. The van der Waals surface area contributed by atoms with E-state index in [1.165, 1.54) is 4.88 Å². The lowest BCUT2D eigenvalue weighted by atomic mass is 10.2. The first-order valence-corrected chi connectivity index (χ1v) is 6.82. The van der Waals surface area contributed by atoms with Gasteiger partial charge < -0.3 is 15.2 Å². The van der Waals surface area contributed by atoms with Crippen LogP contribution in [-0.4, -0.2) is 36.5 Å². The molecule has 2 N–H and O–H groups in total. The van der Waals surface area contributed by atoms with Crippen molar-refractivity contribution in [3.05, 3.63) is 15.6 Å². The number of aliphatic hydroxyl groups is 1. The standard InChI is InChI=1S/C12H22N2O2S/c1-9(12-10(2)14-11(3)17-12)13-5-4-7-16-8-6-15/h9,13,15H,4-8H2,1-3H3. The van der Waals surface area contributed by atoms with E-state index in [1.54, 1.807) is 11.3 Å². The van der Waals surface area contributed by atoms with Crippen molar-refractivity contribution in [1.82, 2.24) is 10.3 Å². The van der Waals surface area contributed by atoms with Crippen LogP contribution in [0.5, 0.6) is 0 Å². The van der Waals surface area contributed by atoms with Crippen LogP contribution in [0.2, 0.25) is 0 Å². The van der Waals surface area contributed by atoms with Gasteiger partial charge in [-0.3, -0.25) is 0 Å². The predicted molar refractivity (Wildman–Crippen MR) is 70.5 cm³/mol. The fourth-order valence-electron chi connectivity index (χ4n) is 1.70. The van der Waals surface area contributed by atoms with Crippen LogP contribution in [0.15, 0.2) is 0 Å². The Morgan fingerprint density at radius 2 is 2.18 bits per heavy atom. The lowest BCUT2D eigenvalue weighted by Crippen LogP contribution is -2.21. The van der Waals surface area contributed by atoms with E-state index in [-0.39, 0.29) is 6.61 Å². The van der Waals surface area contributed by atoms with Gasteiger partial charge in [0.2, 0.25) is 0 Å². The first-order chi connectivity index (χ1) is 8.15. The Kier molecular flexibility index (Phi) is 6.65. The quantitative estimate of drug-likeness (QED) is 0.698. The third-order valence-corrected chi connectivity index (χ3v) is 3.74. The molecule has 0 saturated heterocycles. The Bertz CT molecular complexity index is 328. The maximum Gasteiger partial charge on any atom is 0.0900 e. The maximum absolute atomic E-state index is 8.55. The molecule has 0 aliphatic heterocycles. The van der Waals surface area contributed by atoms with Crippen LogP contribution < -0.4 is 5.32 Å². The molecule has 1 aromatic rings. The molecular weight excluding hydrogens is 236 g/mol. The minimum Gasteiger partial charge on any atom is -0.394 e. The number of hydrogen-bond donors (Lipinski definition) is 2. The van der Waals surface area contributed by atoms with Crippen molar-refractivity contribution < 1.29 is 9.84 Å². The highest BCUT2D eigenvalue weighted by Gasteiger charge is 2.11. The van der Waals surface area contributed by atoms with Gasteiger partial charge in [-0.2, -0.15) is 0 Å². The number of ether oxygens (including phenoxy) is 1. The number of thiazole rings is 1. The summed E-state index contributed by atoms with van der Waals surface area (Å²) in [4.78, 5) is 5.75. The fraction of sp³-hybridized carbons (Fsp3) is 0.750. The van der Waals surface area contributed by atoms with E-state index in [0.29, 0.717) is 19.3 Å². The van der Waals surface area contributed by atoms with Crippen LogP contribution in [0.1, 0.15) is 35.0 Å². The molecule has 0 fully saturated rings. The van der Waals surface area contributed by atoms with Crippen molar-refractivity contribution in [2.24, 2.45) is 0 Å². The summed E-state index contributed by atoms with van der Waals surface area (Å²) < 4.78 is 5.20. The highest BCUT2D eigenvalue weighted by Crippen LogP contribution is 2.24. The Labute approximate surface area is 107 Å². The summed E-state index contributed by atoms with van der Waals surface area (Å²) in [6.45, 7) is 8.41. The molecule has 1 unspecified atom stereocenters. The average Bonchev–Trinajstić information content (AvgIpc) is 2.62. The number of rotatable bonds is 8. The van der Waals surface area contributed by atoms with Crippen LogP contribution in [-0.2, 0) is 4.74 Å². The summed E-state index contributed by atoms with van der Waals surface area (Å²) >= 11 is 1.76. The van der Waals surface area contributed by atoms with Gasteiger partial charge in [0, 0.05) is 17.5 Å². The second-order valence-electron chi connectivity index (χ2n) is 4.05. The van der Waals surface area contributed by atoms with E-state index in [9.17, 15) is 0 Å². The van der Waals surface area contributed by atoms with E-state index in [2.05, 4.69) is 24.1 Å². The summed E-state index contributed by atoms with van der Waals surface area (Å²) in [5, 5.41) is 13.1. The molecule has 1 rings (SSSR count). The minimum atomic E-state index is 0.100. The molecule has 4 nitrogen and oxygen atoms in total. The van der Waals surface area contributed by atoms with Gasteiger partial charge in [-0.15, -0.1) is 11.3 Å². The van der Waals surface area contributed by atoms with E-state index in [0.717, 1.165) is 23.7 Å². The summed E-state index contributed by atoms with van der Waals surface area (Å²) in [7, 11) is 0. The van der Waals surface area contributed by atoms with Gasteiger partial charge in [0.25, 0.3) is 0 Å². The molecule has 1 heterocycles. The van der Waals surface area contributed by atoms with Crippen LogP contribution >= 0.6 is 11.3 Å². The van der Waals surface area contributed by atoms with Crippen LogP contribution in [0.4, 0.5) is 0 Å². The van der Waals surface area contributed by atoms with E-state index in [1.807, 2.05) is 6.92 Å². The Balaban J connectivity index is 2.21.